The van der Waals surface area contributed by atoms with Crippen LogP contribution in [0.5, 0.6) is 0 Å². The molecule has 0 radical (unpaired) electrons. The van der Waals surface area contributed by atoms with Gasteiger partial charge in [0.1, 0.15) is 5.60 Å². The molecular weight excluding hydrogens is 292 g/mol. The van der Waals surface area contributed by atoms with Crippen LogP contribution in [0.4, 0.5) is 4.79 Å². The minimum absolute atomic E-state index is 0.173. The molecule has 23 heavy (non-hydrogen) atoms. The fourth-order valence-electron chi connectivity index (χ4n) is 3.00. The maximum Gasteiger partial charge on any atom is 0.410 e. The van der Waals surface area contributed by atoms with Gasteiger partial charge in [0.15, 0.2) is 0 Å². The molecule has 0 bridgehead atoms. The minimum atomic E-state index is -0.454. The Morgan fingerprint density at radius 1 is 1.48 bits per heavy atom. The van der Waals surface area contributed by atoms with Crippen molar-refractivity contribution in [1.82, 2.24) is 20.0 Å². The van der Waals surface area contributed by atoms with Gasteiger partial charge in [0.05, 0.1) is 11.7 Å². The second-order valence-electron chi connectivity index (χ2n) is 7.35. The van der Waals surface area contributed by atoms with Gasteiger partial charge in [-0.05, 0) is 53.0 Å². The molecule has 1 saturated heterocycles. The Morgan fingerprint density at radius 3 is 2.83 bits per heavy atom. The molecule has 2 rings (SSSR count). The third-order valence-electron chi connectivity index (χ3n) is 4.28. The molecule has 0 aliphatic carbocycles. The quantitative estimate of drug-likeness (QED) is 0.926. The van der Waals surface area contributed by atoms with Crippen LogP contribution in [-0.2, 0) is 18.3 Å². The van der Waals surface area contributed by atoms with Crippen LogP contribution >= 0.6 is 0 Å². The second kappa shape index (κ2) is 7.34. The molecule has 130 valence electrons. The molecule has 1 aromatic heterocycles. The van der Waals surface area contributed by atoms with Gasteiger partial charge in [0.25, 0.3) is 0 Å². The maximum atomic E-state index is 12.5. The van der Waals surface area contributed by atoms with Crippen molar-refractivity contribution in [2.45, 2.75) is 71.2 Å². The van der Waals surface area contributed by atoms with Gasteiger partial charge in [-0.25, -0.2) is 4.79 Å². The van der Waals surface area contributed by atoms with E-state index in [2.05, 4.69) is 17.3 Å². The topological polar surface area (TPSA) is 59.4 Å². The van der Waals surface area contributed by atoms with E-state index in [0.717, 1.165) is 38.0 Å². The van der Waals surface area contributed by atoms with Crippen LogP contribution in [0.1, 0.15) is 52.7 Å². The van der Waals surface area contributed by atoms with Gasteiger partial charge < -0.3 is 15.0 Å². The molecule has 1 amide bonds. The Kier molecular flexibility index (Phi) is 5.68. The molecule has 0 saturated carbocycles. The van der Waals surface area contributed by atoms with Crippen LogP contribution in [0.2, 0.25) is 0 Å². The number of hydrogen-bond donors (Lipinski definition) is 1. The summed E-state index contributed by atoms with van der Waals surface area (Å²) in [6, 6.07) is 2.39. The summed E-state index contributed by atoms with van der Waals surface area (Å²) in [4.78, 5) is 14.4. The summed E-state index contributed by atoms with van der Waals surface area (Å²) in [7, 11) is 1.94. The number of carbonyl (C=O) groups is 1. The van der Waals surface area contributed by atoms with Crippen LogP contribution in [0, 0.1) is 0 Å². The molecule has 6 heteroatoms. The van der Waals surface area contributed by atoms with Crippen LogP contribution in [0.3, 0.4) is 0 Å². The van der Waals surface area contributed by atoms with Crippen molar-refractivity contribution in [2.75, 3.05) is 6.54 Å². The lowest BCUT2D eigenvalue weighted by molar-refractivity contribution is 0.00550. The molecule has 1 fully saturated rings. The Balaban J connectivity index is 1.96. The summed E-state index contributed by atoms with van der Waals surface area (Å²) in [5, 5.41) is 7.72. The Bertz CT molecular complexity index is 521. The summed E-state index contributed by atoms with van der Waals surface area (Å²) >= 11 is 0. The van der Waals surface area contributed by atoms with Gasteiger partial charge in [-0.1, -0.05) is 0 Å². The highest BCUT2D eigenvalue weighted by atomic mass is 16.6. The highest BCUT2D eigenvalue weighted by Crippen LogP contribution is 2.22. The van der Waals surface area contributed by atoms with E-state index in [4.69, 9.17) is 4.74 Å². The van der Waals surface area contributed by atoms with Crippen molar-refractivity contribution in [2.24, 2.45) is 7.05 Å². The number of ether oxygens (including phenoxy) is 1. The number of likely N-dealkylation sites (tertiary alicyclic amines) is 1. The van der Waals surface area contributed by atoms with Crippen molar-refractivity contribution in [3.63, 3.8) is 0 Å². The zero-order valence-electron chi connectivity index (χ0n) is 15.0. The van der Waals surface area contributed by atoms with Gasteiger partial charge in [-0.2, -0.15) is 5.10 Å². The Hall–Kier alpha value is -1.56. The molecule has 2 heterocycles. The third-order valence-corrected chi connectivity index (χ3v) is 4.28. The van der Waals surface area contributed by atoms with Gasteiger partial charge in [-0.3, -0.25) is 4.68 Å². The van der Waals surface area contributed by atoms with E-state index < -0.39 is 5.60 Å². The number of nitrogens with one attached hydrogen (secondary N) is 1. The molecule has 1 aromatic rings. The van der Waals surface area contributed by atoms with Crippen molar-refractivity contribution in [3.8, 4) is 0 Å². The van der Waals surface area contributed by atoms with Gasteiger partial charge >= 0.3 is 6.09 Å². The minimum Gasteiger partial charge on any atom is -0.444 e. The molecule has 2 atom stereocenters. The number of rotatable bonds is 4. The SMILES string of the molecule is C[C@@H](NCc1ccnn1C)[C@@H]1CCCCN1C(=O)OC(C)(C)C. The average molecular weight is 322 g/mol. The second-order valence-corrected chi connectivity index (χ2v) is 7.35. The van der Waals surface area contributed by atoms with Crippen molar-refractivity contribution in [1.29, 1.82) is 0 Å². The van der Waals surface area contributed by atoms with Crippen LogP contribution in [0.15, 0.2) is 12.3 Å². The standard InChI is InChI=1S/C17H30N4O2/c1-13(18-12-14-9-10-19-20(14)5)15-8-6-7-11-21(15)16(22)23-17(2,3)4/h9-10,13,15,18H,6-8,11-12H2,1-5H3/t13-,15+/m1/s1. The first kappa shape index (κ1) is 17.8. The number of aryl methyl sites for hydroxylation is 1. The lowest BCUT2D eigenvalue weighted by Crippen LogP contribution is -2.54. The first-order chi connectivity index (χ1) is 10.8. The largest absolute Gasteiger partial charge is 0.444 e. The Morgan fingerprint density at radius 2 is 2.22 bits per heavy atom. The predicted octanol–water partition coefficient (Wildman–Crippen LogP) is 2.69. The van der Waals surface area contributed by atoms with Crippen molar-refractivity contribution < 1.29 is 9.53 Å². The molecule has 0 unspecified atom stereocenters. The summed E-state index contributed by atoms with van der Waals surface area (Å²) in [5.41, 5.74) is 0.682. The van der Waals surface area contributed by atoms with Crippen molar-refractivity contribution in [3.05, 3.63) is 18.0 Å². The van der Waals surface area contributed by atoms with E-state index in [1.807, 2.05) is 43.5 Å². The summed E-state index contributed by atoms with van der Waals surface area (Å²) in [6.07, 6.45) is 4.82. The molecule has 1 N–H and O–H groups in total. The normalized spacial score (nSPS) is 20.4. The number of amides is 1. The average Bonchev–Trinajstić information content (AvgIpc) is 2.88. The highest BCUT2D eigenvalue weighted by Gasteiger charge is 2.33. The fraction of sp³-hybridized carbons (Fsp3) is 0.765. The molecule has 0 spiro atoms. The number of piperidine rings is 1. The first-order valence-electron chi connectivity index (χ1n) is 8.48. The van der Waals surface area contributed by atoms with Crippen LogP contribution in [-0.4, -0.2) is 45.0 Å². The van der Waals surface area contributed by atoms with Gasteiger partial charge in [0, 0.05) is 32.4 Å². The van der Waals surface area contributed by atoms with E-state index in [0.29, 0.717) is 0 Å². The lowest BCUT2D eigenvalue weighted by Gasteiger charge is -2.40. The highest BCUT2D eigenvalue weighted by molar-refractivity contribution is 5.68. The van der Waals surface area contributed by atoms with Gasteiger partial charge in [-0.15, -0.1) is 0 Å². The van der Waals surface area contributed by atoms with E-state index in [1.165, 1.54) is 0 Å². The van der Waals surface area contributed by atoms with E-state index in [-0.39, 0.29) is 18.2 Å². The van der Waals surface area contributed by atoms with Crippen LogP contribution in [0.25, 0.3) is 0 Å². The third kappa shape index (κ3) is 4.96. The first-order valence-corrected chi connectivity index (χ1v) is 8.48. The number of nitrogens with zero attached hydrogens (tertiary/aromatic N) is 3. The fourth-order valence-corrected chi connectivity index (χ4v) is 3.00. The Labute approximate surface area is 139 Å². The van der Waals surface area contributed by atoms with E-state index >= 15 is 0 Å². The molecule has 0 aromatic carbocycles. The molecule has 6 nitrogen and oxygen atoms in total. The van der Waals surface area contributed by atoms with Crippen molar-refractivity contribution >= 4 is 6.09 Å². The molecule has 1 aliphatic heterocycles. The number of aromatic nitrogens is 2. The number of hydrogen-bond acceptors (Lipinski definition) is 4. The van der Waals surface area contributed by atoms with E-state index in [1.54, 1.807) is 6.20 Å². The summed E-state index contributed by atoms with van der Waals surface area (Å²) in [6.45, 7) is 9.40. The number of carbonyl (C=O) groups excluding carboxylic acids is 1. The zero-order chi connectivity index (χ0) is 17.0. The summed E-state index contributed by atoms with van der Waals surface area (Å²) in [5.74, 6) is 0. The maximum absolute atomic E-state index is 12.5. The predicted molar refractivity (Wildman–Crippen MR) is 90.1 cm³/mol. The lowest BCUT2D eigenvalue weighted by atomic mass is 9.97. The molecular formula is C17H30N4O2. The van der Waals surface area contributed by atoms with Gasteiger partial charge in [0.2, 0.25) is 0 Å². The smallest absolute Gasteiger partial charge is 0.410 e. The van der Waals surface area contributed by atoms with Crippen LogP contribution < -0.4 is 5.32 Å². The molecule has 1 aliphatic rings. The monoisotopic (exact) mass is 322 g/mol. The summed E-state index contributed by atoms with van der Waals surface area (Å²) < 4.78 is 7.44. The van der Waals surface area contributed by atoms with E-state index in [9.17, 15) is 4.79 Å². The zero-order valence-corrected chi connectivity index (χ0v) is 15.0.